The smallest absolute Gasteiger partial charge is 0.119 e. The van der Waals surface area contributed by atoms with Crippen molar-refractivity contribution in [1.82, 2.24) is 9.55 Å². The molecular weight excluding hydrogens is 356 g/mol. The van der Waals surface area contributed by atoms with Gasteiger partial charge in [-0.25, -0.2) is 4.98 Å². The highest BCUT2D eigenvalue weighted by Gasteiger charge is 2.17. The molecule has 0 saturated heterocycles. The van der Waals surface area contributed by atoms with Crippen LogP contribution in [0.3, 0.4) is 0 Å². The maximum absolute atomic E-state index is 5.93. The summed E-state index contributed by atoms with van der Waals surface area (Å²) in [5, 5.41) is 0.709. The molecule has 1 unspecified atom stereocenters. The molecule has 136 valence electrons. The van der Waals surface area contributed by atoms with Gasteiger partial charge in [-0.15, -0.1) is 0 Å². The minimum Gasteiger partial charge on any atom is -0.493 e. The second-order valence-electron chi connectivity index (χ2n) is 6.53. The van der Waals surface area contributed by atoms with Gasteiger partial charge in [0.1, 0.15) is 11.6 Å². The number of imidazole rings is 1. The molecule has 0 spiro atoms. The van der Waals surface area contributed by atoms with Crippen molar-refractivity contribution < 1.29 is 4.74 Å². The Morgan fingerprint density at radius 1 is 0.926 bits per heavy atom. The van der Waals surface area contributed by atoms with Crippen molar-refractivity contribution in [3.05, 3.63) is 95.3 Å². The summed E-state index contributed by atoms with van der Waals surface area (Å²) in [6.45, 7) is 2.78. The lowest BCUT2D eigenvalue weighted by molar-refractivity contribution is 0.316. The monoisotopic (exact) mass is 376 g/mol. The van der Waals surface area contributed by atoms with Gasteiger partial charge in [-0.1, -0.05) is 54.1 Å². The van der Waals surface area contributed by atoms with Crippen molar-refractivity contribution in [2.75, 3.05) is 6.61 Å². The summed E-state index contributed by atoms with van der Waals surface area (Å²) in [5.41, 5.74) is 3.43. The zero-order valence-corrected chi connectivity index (χ0v) is 15.9. The molecule has 0 bridgehead atoms. The van der Waals surface area contributed by atoms with Gasteiger partial charge < -0.3 is 9.30 Å². The lowest BCUT2D eigenvalue weighted by Crippen LogP contribution is -2.13. The quantitative estimate of drug-likeness (QED) is 0.417. The molecule has 0 aliphatic rings. The van der Waals surface area contributed by atoms with Crippen molar-refractivity contribution in [2.45, 2.75) is 19.4 Å². The van der Waals surface area contributed by atoms with Gasteiger partial charge in [0.25, 0.3) is 0 Å². The third-order valence-electron chi connectivity index (χ3n) is 4.75. The van der Waals surface area contributed by atoms with Crippen LogP contribution in [0.4, 0.5) is 0 Å². The number of nitrogens with zero attached hydrogens (tertiary/aromatic N) is 2. The van der Waals surface area contributed by atoms with Crippen molar-refractivity contribution in [2.24, 2.45) is 0 Å². The van der Waals surface area contributed by atoms with Crippen LogP contribution in [0.1, 0.15) is 24.4 Å². The first-order valence-electron chi connectivity index (χ1n) is 9.11. The lowest BCUT2D eigenvalue weighted by Gasteiger charge is -2.18. The summed E-state index contributed by atoms with van der Waals surface area (Å²) < 4.78 is 8.20. The van der Waals surface area contributed by atoms with Crippen molar-refractivity contribution in [1.29, 1.82) is 0 Å². The SMILES string of the molecule is CC(c1ccccc1)n1c(CCOc2ccc(Cl)cc2)nc2ccccc21. The Morgan fingerprint density at radius 3 is 2.41 bits per heavy atom. The van der Waals surface area contributed by atoms with Crippen molar-refractivity contribution >= 4 is 22.6 Å². The fourth-order valence-electron chi connectivity index (χ4n) is 3.37. The van der Waals surface area contributed by atoms with Crippen LogP contribution in [0.25, 0.3) is 11.0 Å². The van der Waals surface area contributed by atoms with E-state index in [-0.39, 0.29) is 6.04 Å². The Morgan fingerprint density at radius 2 is 1.63 bits per heavy atom. The minimum atomic E-state index is 0.198. The van der Waals surface area contributed by atoms with E-state index < -0.39 is 0 Å². The van der Waals surface area contributed by atoms with Crippen molar-refractivity contribution in [3.63, 3.8) is 0 Å². The van der Waals surface area contributed by atoms with Crippen LogP contribution in [0, 0.1) is 0 Å². The Bertz CT molecular complexity index is 1030. The zero-order chi connectivity index (χ0) is 18.6. The van der Waals surface area contributed by atoms with E-state index in [1.54, 1.807) is 0 Å². The van der Waals surface area contributed by atoms with Gasteiger partial charge in [0, 0.05) is 11.4 Å². The van der Waals surface area contributed by atoms with Gasteiger partial charge in [-0.3, -0.25) is 0 Å². The average molecular weight is 377 g/mol. The van der Waals surface area contributed by atoms with E-state index in [1.165, 1.54) is 5.56 Å². The molecule has 0 amide bonds. The molecule has 0 aliphatic heterocycles. The largest absolute Gasteiger partial charge is 0.493 e. The molecule has 1 aromatic heterocycles. The third kappa shape index (κ3) is 3.83. The summed E-state index contributed by atoms with van der Waals surface area (Å²) in [6.07, 6.45) is 0.731. The van der Waals surface area contributed by atoms with E-state index in [0.29, 0.717) is 11.6 Å². The molecule has 27 heavy (non-hydrogen) atoms. The van der Waals surface area contributed by atoms with Crippen molar-refractivity contribution in [3.8, 4) is 5.75 Å². The van der Waals surface area contributed by atoms with Crippen LogP contribution in [0.5, 0.6) is 5.75 Å². The van der Waals surface area contributed by atoms with Crippen LogP contribution >= 0.6 is 11.6 Å². The Labute approximate surface area is 164 Å². The number of rotatable bonds is 6. The molecular formula is C23H21ClN2O. The fourth-order valence-corrected chi connectivity index (χ4v) is 3.50. The molecule has 1 heterocycles. The molecule has 4 rings (SSSR count). The average Bonchev–Trinajstić information content (AvgIpc) is 3.08. The predicted molar refractivity (Wildman–Crippen MR) is 111 cm³/mol. The first kappa shape index (κ1) is 17.6. The summed E-state index contributed by atoms with van der Waals surface area (Å²) in [4.78, 5) is 4.87. The standard InChI is InChI=1S/C23H21ClN2O/c1-17(18-7-3-2-4-8-18)26-22-10-6-5-9-21(22)25-23(26)15-16-27-20-13-11-19(24)12-14-20/h2-14,17H,15-16H2,1H3. The molecule has 4 aromatic rings. The number of halogens is 1. The number of ether oxygens (including phenoxy) is 1. The Balaban J connectivity index is 1.61. The lowest BCUT2D eigenvalue weighted by atomic mass is 10.1. The van der Waals surface area contributed by atoms with Crippen LogP contribution in [0.15, 0.2) is 78.9 Å². The highest BCUT2D eigenvalue weighted by atomic mass is 35.5. The predicted octanol–water partition coefficient (Wildman–Crippen LogP) is 5.92. The summed E-state index contributed by atoms with van der Waals surface area (Å²) in [5.74, 6) is 1.85. The molecule has 1 atom stereocenters. The fraction of sp³-hybridized carbons (Fsp3) is 0.174. The Kier molecular flexibility index (Phi) is 5.12. The van der Waals surface area contributed by atoms with Crippen LogP contribution in [0.2, 0.25) is 5.02 Å². The number of para-hydroxylation sites is 2. The summed E-state index contributed by atoms with van der Waals surface area (Å²) in [7, 11) is 0. The molecule has 0 fully saturated rings. The highest BCUT2D eigenvalue weighted by molar-refractivity contribution is 6.30. The van der Waals surface area contributed by atoms with Gasteiger partial charge >= 0.3 is 0 Å². The zero-order valence-electron chi connectivity index (χ0n) is 15.2. The highest BCUT2D eigenvalue weighted by Crippen LogP contribution is 2.26. The first-order chi connectivity index (χ1) is 13.2. The first-order valence-corrected chi connectivity index (χ1v) is 9.49. The Hall–Kier alpha value is -2.78. The topological polar surface area (TPSA) is 27.1 Å². The molecule has 0 N–H and O–H groups in total. The van der Waals surface area contributed by atoms with E-state index in [9.17, 15) is 0 Å². The van der Waals surface area contributed by atoms with Gasteiger partial charge in [0.2, 0.25) is 0 Å². The maximum atomic E-state index is 5.93. The second kappa shape index (κ2) is 7.85. The third-order valence-corrected chi connectivity index (χ3v) is 5.00. The van der Waals surface area contributed by atoms with Crippen LogP contribution in [-0.4, -0.2) is 16.2 Å². The molecule has 3 nitrogen and oxygen atoms in total. The van der Waals surface area contributed by atoms with E-state index in [0.717, 1.165) is 29.0 Å². The van der Waals surface area contributed by atoms with E-state index in [4.69, 9.17) is 21.3 Å². The number of hydrogen-bond donors (Lipinski definition) is 0. The maximum Gasteiger partial charge on any atom is 0.119 e. The molecule has 0 aliphatic carbocycles. The van der Waals surface area contributed by atoms with Crippen LogP contribution < -0.4 is 4.74 Å². The van der Waals surface area contributed by atoms with E-state index >= 15 is 0 Å². The molecule has 0 saturated carbocycles. The molecule has 3 aromatic carbocycles. The van der Waals surface area contributed by atoms with Gasteiger partial charge in [0.05, 0.1) is 23.7 Å². The van der Waals surface area contributed by atoms with E-state index in [1.807, 2.05) is 36.4 Å². The van der Waals surface area contributed by atoms with Gasteiger partial charge in [0.15, 0.2) is 0 Å². The molecule has 4 heteroatoms. The minimum absolute atomic E-state index is 0.198. The second-order valence-corrected chi connectivity index (χ2v) is 6.96. The van der Waals surface area contributed by atoms with Gasteiger partial charge in [-0.05, 0) is 48.9 Å². The number of benzene rings is 3. The van der Waals surface area contributed by atoms with Gasteiger partial charge in [-0.2, -0.15) is 0 Å². The van der Waals surface area contributed by atoms with E-state index in [2.05, 4.69) is 54.0 Å². The normalized spacial score (nSPS) is 12.2. The van der Waals surface area contributed by atoms with Crippen LogP contribution in [-0.2, 0) is 6.42 Å². The number of aromatic nitrogens is 2. The number of hydrogen-bond acceptors (Lipinski definition) is 2. The molecule has 0 radical (unpaired) electrons. The number of fused-ring (bicyclic) bond motifs is 1. The summed E-state index contributed by atoms with van der Waals surface area (Å²) in [6, 6.07) is 26.4. The summed E-state index contributed by atoms with van der Waals surface area (Å²) >= 11 is 5.93.